The minimum atomic E-state index is -0.587. The Kier molecular flexibility index (Phi) is 6.87. The van der Waals surface area contributed by atoms with Gasteiger partial charge in [-0.2, -0.15) is 0 Å². The van der Waals surface area contributed by atoms with Crippen molar-refractivity contribution < 1.29 is 19.1 Å². The molecule has 1 N–H and O–H groups in total. The smallest absolute Gasteiger partial charge is 0.240 e. The van der Waals surface area contributed by atoms with Crippen molar-refractivity contribution in [3.8, 4) is 0 Å². The van der Waals surface area contributed by atoms with Gasteiger partial charge >= 0.3 is 0 Å². The molecular formula is C24H38N2O4. The third-order valence-electron chi connectivity index (χ3n) is 8.04. The largest absolute Gasteiger partial charge is 0.376 e. The van der Waals surface area contributed by atoms with E-state index in [-0.39, 0.29) is 41.8 Å². The maximum atomic E-state index is 13.6. The molecule has 0 spiro atoms. The van der Waals surface area contributed by atoms with E-state index < -0.39 is 17.1 Å². The first-order valence-electron chi connectivity index (χ1n) is 11.4. The molecule has 0 radical (unpaired) electrons. The maximum Gasteiger partial charge on any atom is 0.240 e. The molecule has 0 bridgehead atoms. The van der Waals surface area contributed by atoms with Gasteiger partial charge in [0.2, 0.25) is 5.91 Å². The predicted octanol–water partition coefficient (Wildman–Crippen LogP) is 2.90. The average Bonchev–Trinajstić information content (AvgIpc) is 3.34. The zero-order valence-corrected chi connectivity index (χ0v) is 19.2. The summed E-state index contributed by atoms with van der Waals surface area (Å²) < 4.78 is 5.78. The molecule has 6 heteroatoms. The van der Waals surface area contributed by atoms with Crippen LogP contribution in [0.15, 0.2) is 12.2 Å². The van der Waals surface area contributed by atoms with Gasteiger partial charge in [-0.1, -0.05) is 31.9 Å². The zero-order chi connectivity index (χ0) is 22.1. The fraction of sp³-hybridized carbons (Fsp3) is 0.792. The lowest BCUT2D eigenvalue weighted by Gasteiger charge is -2.30. The number of likely N-dealkylation sites (N-methyl/N-ethyl adjacent to an activating group) is 1. The summed E-state index contributed by atoms with van der Waals surface area (Å²) in [5.41, 5.74) is -1.16. The molecule has 6 nitrogen and oxygen atoms in total. The summed E-state index contributed by atoms with van der Waals surface area (Å²) in [6.45, 7) is 5.97. The van der Waals surface area contributed by atoms with E-state index in [1.54, 1.807) is 18.9 Å². The number of carbonyl (C=O) groups excluding carboxylic acids is 3. The van der Waals surface area contributed by atoms with Crippen LogP contribution in [0, 0.1) is 17.3 Å². The number of rotatable bonds is 3. The van der Waals surface area contributed by atoms with Gasteiger partial charge in [0.15, 0.2) is 5.78 Å². The van der Waals surface area contributed by atoms with Crippen LogP contribution in [0.5, 0.6) is 0 Å². The van der Waals surface area contributed by atoms with Gasteiger partial charge in [-0.25, -0.2) is 0 Å². The first-order chi connectivity index (χ1) is 14.2. The molecule has 2 aliphatic heterocycles. The highest BCUT2D eigenvalue weighted by atomic mass is 16.5. The third-order valence-corrected chi connectivity index (χ3v) is 8.04. The molecule has 1 saturated heterocycles. The Balaban J connectivity index is 1.95. The molecule has 168 valence electrons. The highest BCUT2D eigenvalue weighted by molar-refractivity contribution is 5.97. The number of nitrogens with zero attached hydrogens (tertiary/aromatic N) is 1. The van der Waals surface area contributed by atoms with Crippen LogP contribution in [0.4, 0.5) is 0 Å². The monoisotopic (exact) mass is 418 g/mol. The Labute approximate surface area is 180 Å². The van der Waals surface area contributed by atoms with Gasteiger partial charge in [0.1, 0.15) is 5.78 Å². The Hall–Kier alpha value is -1.53. The van der Waals surface area contributed by atoms with E-state index in [9.17, 15) is 14.4 Å². The Morgan fingerprint density at radius 3 is 2.63 bits per heavy atom. The number of amides is 1. The summed E-state index contributed by atoms with van der Waals surface area (Å²) >= 11 is 0. The lowest BCUT2D eigenvalue weighted by molar-refractivity contribution is -0.141. The maximum absolute atomic E-state index is 13.6. The van der Waals surface area contributed by atoms with Crippen molar-refractivity contribution in [2.75, 3.05) is 20.7 Å². The van der Waals surface area contributed by atoms with Crippen LogP contribution in [0.2, 0.25) is 0 Å². The predicted molar refractivity (Wildman–Crippen MR) is 116 cm³/mol. The average molecular weight is 419 g/mol. The van der Waals surface area contributed by atoms with Gasteiger partial charge in [-0.05, 0) is 52.5 Å². The number of ketones is 2. The van der Waals surface area contributed by atoms with E-state index in [0.29, 0.717) is 6.54 Å². The summed E-state index contributed by atoms with van der Waals surface area (Å²) in [5.74, 6) is 0.0572. The van der Waals surface area contributed by atoms with Crippen LogP contribution in [0.3, 0.4) is 0 Å². The fourth-order valence-corrected chi connectivity index (χ4v) is 5.48. The first-order valence-corrected chi connectivity index (χ1v) is 11.4. The van der Waals surface area contributed by atoms with E-state index in [4.69, 9.17) is 4.74 Å². The molecule has 2 heterocycles. The molecule has 30 heavy (non-hydrogen) atoms. The number of hydrogen-bond acceptors (Lipinski definition) is 5. The lowest BCUT2D eigenvalue weighted by Crippen LogP contribution is -2.51. The fourth-order valence-electron chi connectivity index (χ4n) is 5.48. The standard InChI is InChI=1S/C24H38N2O4/c1-16-21-20(28)14-24(17(2)27)13-18(24)11-9-7-6-8-10-12-19(25-4)22(29)26(21)15-23(16,3)30-5/h9,11,16,18-19,21,25H,6-8,10,12-15H2,1-5H3/b11-9-/t16-,18+,19-,21-,23-,24-/m0/s1. The molecule has 3 rings (SSSR count). The molecule has 1 aliphatic carbocycles. The summed E-state index contributed by atoms with van der Waals surface area (Å²) in [6.07, 6.45) is 10.1. The van der Waals surface area contributed by atoms with E-state index in [0.717, 1.165) is 38.5 Å². The molecule has 0 aromatic rings. The van der Waals surface area contributed by atoms with E-state index >= 15 is 0 Å². The van der Waals surface area contributed by atoms with Crippen molar-refractivity contribution >= 4 is 17.5 Å². The Morgan fingerprint density at radius 2 is 2.00 bits per heavy atom. The quantitative estimate of drug-likeness (QED) is 0.713. The number of Topliss-reactive ketones (excluding diaryl/α,β-unsaturated/α-hetero) is 2. The van der Waals surface area contributed by atoms with Gasteiger partial charge < -0.3 is 15.0 Å². The Morgan fingerprint density at radius 1 is 1.27 bits per heavy atom. The zero-order valence-electron chi connectivity index (χ0n) is 19.2. The molecule has 6 atom stereocenters. The van der Waals surface area contributed by atoms with Crippen molar-refractivity contribution in [3.63, 3.8) is 0 Å². The van der Waals surface area contributed by atoms with Crippen LogP contribution in [-0.2, 0) is 19.1 Å². The van der Waals surface area contributed by atoms with Crippen molar-refractivity contribution in [2.24, 2.45) is 17.3 Å². The van der Waals surface area contributed by atoms with E-state index in [2.05, 4.69) is 17.5 Å². The molecule has 0 aromatic heterocycles. The second kappa shape index (κ2) is 8.91. The lowest BCUT2D eigenvalue weighted by atomic mass is 9.83. The molecule has 3 aliphatic rings. The number of nitrogens with one attached hydrogen (secondary N) is 1. The number of carbonyl (C=O) groups is 3. The molecule has 0 unspecified atom stereocenters. The highest BCUT2D eigenvalue weighted by Crippen LogP contribution is 2.57. The first kappa shape index (κ1) is 23.1. The third kappa shape index (κ3) is 4.13. The van der Waals surface area contributed by atoms with Crippen molar-refractivity contribution in [2.45, 2.75) is 83.4 Å². The molecule has 1 saturated carbocycles. The minimum Gasteiger partial charge on any atom is -0.376 e. The SMILES string of the molecule is CN[C@H]1CCCCC/C=C\[C@@H]2C[C@@]2(C(C)=O)CC(=O)[C@@H]2[C@H](C)[C@@](C)(OC)CN2C1=O. The van der Waals surface area contributed by atoms with E-state index in [1.165, 1.54) is 0 Å². The molecule has 2 fully saturated rings. The van der Waals surface area contributed by atoms with Crippen LogP contribution in [0.1, 0.15) is 65.7 Å². The Bertz CT molecular complexity index is 720. The number of hydrogen-bond donors (Lipinski definition) is 1. The van der Waals surface area contributed by atoms with Gasteiger partial charge in [0, 0.05) is 24.9 Å². The summed E-state index contributed by atoms with van der Waals surface area (Å²) in [4.78, 5) is 41.3. The minimum absolute atomic E-state index is 0.00699. The molecule has 1 amide bonds. The van der Waals surface area contributed by atoms with Crippen LogP contribution >= 0.6 is 0 Å². The van der Waals surface area contributed by atoms with Crippen molar-refractivity contribution in [3.05, 3.63) is 12.2 Å². The normalized spacial score (nSPS) is 41.4. The van der Waals surface area contributed by atoms with E-state index in [1.807, 2.05) is 20.9 Å². The molecule has 0 aromatic carbocycles. The van der Waals surface area contributed by atoms with Crippen LogP contribution < -0.4 is 5.32 Å². The summed E-state index contributed by atoms with van der Waals surface area (Å²) in [5, 5.41) is 3.16. The van der Waals surface area contributed by atoms with Crippen LogP contribution in [-0.4, -0.2) is 60.8 Å². The summed E-state index contributed by atoms with van der Waals surface area (Å²) in [6, 6.07) is -0.854. The van der Waals surface area contributed by atoms with Crippen molar-refractivity contribution in [1.29, 1.82) is 0 Å². The number of methoxy groups -OCH3 is 1. The van der Waals surface area contributed by atoms with Crippen molar-refractivity contribution in [1.82, 2.24) is 10.2 Å². The summed E-state index contributed by atoms with van der Waals surface area (Å²) in [7, 11) is 3.46. The second-order valence-corrected chi connectivity index (χ2v) is 9.79. The van der Waals surface area contributed by atoms with Gasteiger partial charge in [-0.3, -0.25) is 14.4 Å². The number of fused-ring (bicyclic) bond motifs is 2. The highest BCUT2D eigenvalue weighted by Gasteiger charge is 2.60. The number of ether oxygens (including phenoxy) is 1. The van der Waals surface area contributed by atoms with Gasteiger partial charge in [0.25, 0.3) is 0 Å². The topological polar surface area (TPSA) is 75.7 Å². The van der Waals surface area contributed by atoms with Gasteiger partial charge in [0.05, 0.1) is 24.2 Å². The van der Waals surface area contributed by atoms with Crippen LogP contribution in [0.25, 0.3) is 0 Å². The molecular weight excluding hydrogens is 380 g/mol. The second-order valence-electron chi connectivity index (χ2n) is 9.79. The van der Waals surface area contributed by atoms with Gasteiger partial charge in [-0.15, -0.1) is 0 Å². The number of allylic oxidation sites excluding steroid dienone is 2.